The van der Waals surface area contributed by atoms with Crippen molar-refractivity contribution in [2.24, 2.45) is 0 Å². The zero-order valence-corrected chi connectivity index (χ0v) is 17.2. The number of hydrogen-bond donors (Lipinski definition) is 0. The Hall–Kier alpha value is -3.45. The van der Waals surface area contributed by atoms with Gasteiger partial charge in [0.25, 0.3) is 0 Å². The minimum absolute atomic E-state index is 0.149. The van der Waals surface area contributed by atoms with E-state index >= 15 is 0 Å². The molecule has 0 fully saturated rings. The first-order chi connectivity index (χ1) is 14.5. The molecule has 150 valence electrons. The summed E-state index contributed by atoms with van der Waals surface area (Å²) in [5, 5.41) is 2.55. The van der Waals surface area contributed by atoms with E-state index in [1.54, 1.807) is 12.1 Å². The van der Waals surface area contributed by atoms with Gasteiger partial charge in [-0.1, -0.05) is 42.1 Å². The topological polar surface area (TPSA) is 82.3 Å². The maximum absolute atomic E-state index is 12.4. The monoisotopic (exact) mass is 418 g/mol. The normalized spacial score (nSPS) is 10.9. The highest BCUT2D eigenvalue weighted by molar-refractivity contribution is 7.98. The van der Waals surface area contributed by atoms with Gasteiger partial charge in [-0.25, -0.2) is 14.8 Å². The highest BCUT2D eigenvalue weighted by atomic mass is 32.2. The first-order valence-electron chi connectivity index (χ1n) is 9.26. The fraction of sp³-hybridized carbons (Fsp3) is 0.130. The van der Waals surface area contributed by atoms with Crippen LogP contribution >= 0.6 is 11.8 Å². The van der Waals surface area contributed by atoms with Gasteiger partial charge in [-0.15, -0.1) is 0 Å². The van der Waals surface area contributed by atoms with Gasteiger partial charge in [-0.3, -0.25) is 4.79 Å². The van der Waals surface area contributed by atoms with Crippen molar-refractivity contribution in [3.63, 3.8) is 0 Å². The summed E-state index contributed by atoms with van der Waals surface area (Å²) in [6, 6.07) is 16.1. The lowest BCUT2D eigenvalue weighted by Gasteiger charge is -2.06. The van der Waals surface area contributed by atoms with Crippen molar-refractivity contribution in [2.75, 3.05) is 0 Å². The number of fused-ring (bicyclic) bond motifs is 1. The zero-order valence-electron chi connectivity index (χ0n) is 16.4. The number of carbonyl (C=O) groups is 1. The molecule has 0 unspecified atom stereocenters. The minimum atomic E-state index is -0.612. The molecular weight excluding hydrogens is 400 g/mol. The van der Waals surface area contributed by atoms with Gasteiger partial charge < -0.3 is 9.15 Å². The summed E-state index contributed by atoms with van der Waals surface area (Å²) in [7, 11) is 0. The quantitative estimate of drug-likeness (QED) is 0.264. The van der Waals surface area contributed by atoms with Crippen molar-refractivity contribution >= 4 is 28.5 Å². The lowest BCUT2D eigenvalue weighted by atomic mass is 10.1. The van der Waals surface area contributed by atoms with Gasteiger partial charge in [0.05, 0.1) is 11.3 Å². The highest BCUT2D eigenvalue weighted by Gasteiger charge is 2.13. The number of aromatic nitrogens is 2. The molecule has 0 spiro atoms. The first kappa shape index (κ1) is 19.8. The fourth-order valence-corrected chi connectivity index (χ4v) is 3.80. The van der Waals surface area contributed by atoms with E-state index in [1.807, 2.05) is 50.2 Å². The maximum Gasteiger partial charge on any atom is 0.343 e. The smallest absolute Gasteiger partial charge is 0.343 e. The number of nitrogens with zero attached hydrogens (tertiary/aromatic N) is 2. The number of thioether (sulfide) groups is 1. The van der Waals surface area contributed by atoms with Gasteiger partial charge in [0.1, 0.15) is 12.0 Å². The zero-order chi connectivity index (χ0) is 21.1. The third-order valence-corrected chi connectivity index (χ3v) is 5.22. The van der Waals surface area contributed by atoms with Crippen LogP contribution in [0.15, 0.2) is 75.2 Å². The van der Waals surface area contributed by atoms with E-state index in [9.17, 15) is 9.59 Å². The number of benzene rings is 2. The van der Waals surface area contributed by atoms with Crippen molar-refractivity contribution in [1.29, 1.82) is 0 Å². The predicted octanol–water partition coefficient (Wildman–Crippen LogP) is 4.71. The number of ether oxygens (including phenoxy) is 1. The van der Waals surface area contributed by atoms with Crippen LogP contribution in [-0.4, -0.2) is 15.9 Å². The predicted molar refractivity (Wildman–Crippen MR) is 115 cm³/mol. The molecule has 4 aromatic rings. The molecule has 30 heavy (non-hydrogen) atoms. The van der Waals surface area contributed by atoms with Gasteiger partial charge in [-0.05, 0) is 42.8 Å². The molecule has 2 heterocycles. The molecule has 0 bridgehead atoms. The second-order valence-electron chi connectivity index (χ2n) is 6.75. The second-order valence-corrected chi connectivity index (χ2v) is 7.69. The van der Waals surface area contributed by atoms with Gasteiger partial charge in [0.15, 0.2) is 5.16 Å². The van der Waals surface area contributed by atoms with E-state index in [0.717, 1.165) is 22.2 Å². The molecule has 6 nitrogen and oxygen atoms in total. The van der Waals surface area contributed by atoms with Crippen LogP contribution < -0.4 is 10.2 Å². The maximum atomic E-state index is 12.4. The van der Waals surface area contributed by atoms with Crippen LogP contribution in [0.5, 0.6) is 5.75 Å². The Kier molecular flexibility index (Phi) is 5.63. The van der Waals surface area contributed by atoms with E-state index in [1.165, 1.54) is 24.1 Å². The Bertz CT molecular complexity index is 1280. The van der Waals surface area contributed by atoms with E-state index < -0.39 is 11.4 Å². The Labute approximate surface area is 176 Å². The van der Waals surface area contributed by atoms with Crippen LogP contribution in [0.1, 0.15) is 27.5 Å². The number of carbonyl (C=O) groups excluding carboxylic acids is 1. The molecule has 0 aliphatic carbocycles. The molecule has 0 saturated heterocycles. The number of hydrogen-bond acceptors (Lipinski definition) is 7. The van der Waals surface area contributed by atoms with Gasteiger partial charge >= 0.3 is 5.97 Å². The fourth-order valence-electron chi connectivity index (χ4n) is 2.96. The molecule has 4 rings (SSSR count). The molecule has 0 saturated carbocycles. The number of esters is 1. The molecule has 0 aliphatic rings. The molecule has 0 amide bonds. The molecule has 0 aliphatic heterocycles. The third-order valence-electron chi connectivity index (χ3n) is 4.35. The van der Waals surface area contributed by atoms with Crippen molar-refractivity contribution < 1.29 is 13.9 Å². The van der Waals surface area contributed by atoms with E-state index in [4.69, 9.17) is 9.15 Å². The largest absolute Gasteiger partial charge is 0.464 e. The summed E-state index contributed by atoms with van der Waals surface area (Å²) in [4.78, 5) is 33.5. The third kappa shape index (κ3) is 4.58. The molecule has 0 N–H and O–H groups in total. The summed E-state index contributed by atoms with van der Waals surface area (Å²) >= 11 is 1.37. The van der Waals surface area contributed by atoms with Crippen LogP contribution in [0.3, 0.4) is 0 Å². The van der Waals surface area contributed by atoms with Crippen LogP contribution in [-0.2, 0) is 5.75 Å². The SMILES string of the molecule is Cc1cc(C)nc(SCc2cc(=O)c(OC(=O)c3ccc4ccccc4c3)co2)n1. The van der Waals surface area contributed by atoms with Crippen molar-refractivity contribution in [3.8, 4) is 5.75 Å². The van der Waals surface area contributed by atoms with Crippen LogP contribution in [0, 0.1) is 13.8 Å². The van der Waals surface area contributed by atoms with Crippen molar-refractivity contribution in [2.45, 2.75) is 24.8 Å². The highest BCUT2D eigenvalue weighted by Crippen LogP contribution is 2.21. The summed E-state index contributed by atoms with van der Waals surface area (Å²) in [6.45, 7) is 3.80. The molecule has 2 aromatic carbocycles. The summed E-state index contributed by atoms with van der Waals surface area (Å²) in [5.41, 5.74) is 1.69. The Balaban J connectivity index is 1.46. The number of rotatable bonds is 5. The Morgan fingerprint density at radius 3 is 2.47 bits per heavy atom. The average molecular weight is 418 g/mol. The van der Waals surface area contributed by atoms with Crippen molar-refractivity contribution in [3.05, 3.63) is 93.8 Å². The average Bonchev–Trinajstić information content (AvgIpc) is 2.73. The molecule has 7 heteroatoms. The first-order valence-corrected chi connectivity index (χ1v) is 10.2. The lowest BCUT2D eigenvalue weighted by Crippen LogP contribution is -2.14. The molecule has 0 atom stereocenters. The van der Waals surface area contributed by atoms with Crippen LogP contribution in [0.2, 0.25) is 0 Å². The van der Waals surface area contributed by atoms with Gasteiger partial charge in [0.2, 0.25) is 11.2 Å². The summed E-state index contributed by atoms with van der Waals surface area (Å²) < 4.78 is 10.7. The standard InChI is InChI=1S/C23H18N2O4S/c1-14-9-15(2)25-23(24-14)30-13-19-11-20(26)21(12-28-19)29-22(27)18-8-7-16-5-3-4-6-17(16)10-18/h3-12H,13H2,1-2H3. The molecule has 2 aromatic heterocycles. The summed E-state index contributed by atoms with van der Waals surface area (Å²) in [5.74, 6) is 0.0680. The minimum Gasteiger partial charge on any atom is -0.464 e. The number of aryl methyl sites for hydroxylation is 2. The van der Waals surface area contributed by atoms with E-state index in [-0.39, 0.29) is 5.75 Å². The summed E-state index contributed by atoms with van der Waals surface area (Å²) in [6.07, 6.45) is 1.17. The Morgan fingerprint density at radius 1 is 1.00 bits per heavy atom. The lowest BCUT2D eigenvalue weighted by molar-refractivity contribution is 0.0729. The van der Waals surface area contributed by atoms with Crippen molar-refractivity contribution in [1.82, 2.24) is 9.97 Å². The molecule has 0 radical (unpaired) electrons. The van der Waals surface area contributed by atoms with Crippen LogP contribution in [0.4, 0.5) is 0 Å². The molecular formula is C23H18N2O4S. The van der Waals surface area contributed by atoms with Gasteiger partial charge in [-0.2, -0.15) is 0 Å². The Morgan fingerprint density at radius 2 is 1.73 bits per heavy atom. The van der Waals surface area contributed by atoms with E-state index in [0.29, 0.717) is 22.2 Å². The van der Waals surface area contributed by atoms with Gasteiger partial charge in [0, 0.05) is 17.5 Å². The van der Waals surface area contributed by atoms with E-state index in [2.05, 4.69) is 9.97 Å². The second kappa shape index (κ2) is 8.51. The van der Waals surface area contributed by atoms with Crippen LogP contribution in [0.25, 0.3) is 10.8 Å².